The van der Waals surface area contributed by atoms with Gasteiger partial charge < -0.3 is 0 Å². The number of halogens is 1. The van der Waals surface area contributed by atoms with Crippen LogP contribution in [0.4, 0.5) is 5.69 Å². The Morgan fingerprint density at radius 1 is 0.686 bits per heavy atom. The van der Waals surface area contributed by atoms with Gasteiger partial charge in [0.15, 0.2) is 5.84 Å². The lowest BCUT2D eigenvalue weighted by Crippen LogP contribution is -2.35. The van der Waals surface area contributed by atoms with Crippen LogP contribution in [0, 0.1) is 11.3 Å². The van der Waals surface area contributed by atoms with E-state index in [1.807, 2.05) is 54.7 Å². The summed E-state index contributed by atoms with van der Waals surface area (Å²) in [5.41, 5.74) is 17.7. The van der Waals surface area contributed by atoms with Gasteiger partial charge >= 0.3 is 0 Å². The fraction of sp³-hybridized carbons (Fsp3) is 0.149. The molecule has 2 bridgehead atoms. The fourth-order valence-corrected chi connectivity index (χ4v) is 9.89. The monoisotopic (exact) mass is 769 g/mol. The van der Waals surface area contributed by atoms with Crippen molar-refractivity contribution < 1.29 is 0 Å². The molecule has 3 aliphatic carbocycles. The Morgan fingerprint density at radius 3 is 2.02 bits per heavy atom. The second kappa shape index (κ2) is 12.9. The molecule has 0 saturated carbocycles. The number of hydrogen-bond donors (Lipinski definition) is 0. The molecule has 0 aliphatic heterocycles. The Labute approximate surface area is 313 Å². The average molecular weight is 770 g/mol. The van der Waals surface area contributed by atoms with Crippen LogP contribution >= 0.6 is 22.6 Å². The minimum Gasteiger partial charge on any atom is -0.256 e. The first-order chi connectivity index (χ1) is 25.0. The number of rotatable bonds is 6. The van der Waals surface area contributed by atoms with Gasteiger partial charge in [0.25, 0.3) is 0 Å². The number of aliphatic imine (C=N–C) groups is 2. The minimum atomic E-state index is 0.0116. The molecule has 1 spiro atoms. The first-order valence-electron chi connectivity index (χ1n) is 17.7. The first kappa shape index (κ1) is 31.8. The van der Waals surface area contributed by atoms with Crippen molar-refractivity contribution >= 4 is 39.8 Å². The van der Waals surface area contributed by atoms with Crippen molar-refractivity contribution in [1.82, 2.24) is 4.98 Å². The quantitative estimate of drug-likeness (QED) is 0.0546. The van der Waals surface area contributed by atoms with E-state index in [1.54, 1.807) is 0 Å². The molecule has 0 saturated heterocycles. The van der Waals surface area contributed by atoms with Gasteiger partial charge in [0.2, 0.25) is 0 Å². The summed E-state index contributed by atoms with van der Waals surface area (Å²) >= 11 is 2.70. The lowest BCUT2D eigenvalue weighted by atomic mass is 9.58. The molecule has 0 fully saturated rings. The highest BCUT2D eigenvalue weighted by Crippen LogP contribution is 2.71. The number of fused-ring (bicyclic) bond motifs is 5. The van der Waals surface area contributed by atoms with Crippen LogP contribution in [0.5, 0.6) is 0 Å². The largest absolute Gasteiger partial charge is 0.256 e. The summed E-state index contributed by atoms with van der Waals surface area (Å²) in [5, 5.41) is 0. The van der Waals surface area contributed by atoms with Crippen LogP contribution in [-0.2, 0) is 0 Å². The Hall–Kier alpha value is -5.16. The number of alkyl halides is 1. The molecule has 51 heavy (non-hydrogen) atoms. The fourth-order valence-electron chi connectivity index (χ4n) is 8.33. The van der Waals surface area contributed by atoms with E-state index < -0.39 is 0 Å². The van der Waals surface area contributed by atoms with Crippen LogP contribution in [0.25, 0.3) is 22.4 Å². The van der Waals surface area contributed by atoms with Crippen molar-refractivity contribution in [2.45, 2.75) is 29.6 Å². The summed E-state index contributed by atoms with van der Waals surface area (Å²) in [4.78, 5) is 15.1. The number of hydrogen-bond acceptors (Lipinski definition) is 2. The van der Waals surface area contributed by atoms with Gasteiger partial charge in [-0.2, -0.15) is 0 Å². The maximum atomic E-state index is 5.17. The van der Waals surface area contributed by atoms with Gasteiger partial charge in [-0.05, 0) is 75.7 Å². The molecule has 9 rings (SSSR count). The molecule has 1 heterocycles. The van der Waals surface area contributed by atoms with Crippen molar-refractivity contribution in [1.29, 1.82) is 0 Å². The van der Waals surface area contributed by atoms with Crippen LogP contribution in [0.1, 0.15) is 63.0 Å². The van der Waals surface area contributed by atoms with E-state index in [9.17, 15) is 0 Å². The van der Waals surface area contributed by atoms with Crippen LogP contribution in [0.2, 0.25) is 0 Å². The van der Waals surface area contributed by atoms with E-state index >= 15 is 0 Å². The van der Waals surface area contributed by atoms with E-state index in [4.69, 9.17) is 15.0 Å². The maximum absolute atomic E-state index is 5.17. The number of pyridine rings is 1. The summed E-state index contributed by atoms with van der Waals surface area (Å²) in [5.74, 6) is 1.62. The summed E-state index contributed by atoms with van der Waals surface area (Å²) in [6, 6.07) is 49.4. The Morgan fingerprint density at radius 2 is 1.35 bits per heavy atom. The van der Waals surface area contributed by atoms with E-state index in [-0.39, 0.29) is 11.3 Å². The number of nitrogens with zero attached hydrogens (tertiary/aromatic N) is 3. The zero-order valence-electron chi connectivity index (χ0n) is 28.5. The topological polar surface area (TPSA) is 37.6 Å². The average Bonchev–Trinajstić information content (AvgIpc) is 3.43. The Bertz CT molecular complexity index is 2380. The summed E-state index contributed by atoms with van der Waals surface area (Å²) < 4.78 is 0.390. The molecule has 3 nitrogen and oxygen atoms in total. The van der Waals surface area contributed by atoms with E-state index in [0.717, 1.165) is 33.8 Å². The number of allylic oxidation sites excluding steroid dienone is 1. The van der Waals surface area contributed by atoms with Crippen molar-refractivity contribution in [3.8, 4) is 22.4 Å². The highest BCUT2D eigenvalue weighted by atomic mass is 127. The Kier molecular flexibility index (Phi) is 8.02. The van der Waals surface area contributed by atoms with Crippen molar-refractivity contribution in [3.63, 3.8) is 0 Å². The summed E-state index contributed by atoms with van der Waals surface area (Å²) in [7, 11) is 0. The molecular formula is C47H36IN3. The van der Waals surface area contributed by atoms with Gasteiger partial charge in [0, 0.05) is 44.1 Å². The molecule has 4 heteroatoms. The summed E-state index contributed by atoms with van der Waals surface area (Å²) in [6.07, 6.45) is 6.65. The van der Waals surface area contributed by atoms with Crippen LogP contribution in [-0.4, -0.2) is 16.5 Å². The van der Waals surface area contributed by atoms with Gasteiger partial charge in [-0.15, -0.1) is 5.73 Å². The lowest BCUT2D eigenvalue weighted by molar-refractivity contribution is 0.345. The van der Waals surface area contributed by atoms with E-state index in [0.29, 0.717) is 21.6 Å². The second-order valence-electron chi connectivity index (χ2n) is 14.0. The highest BCUT2D eigenvalue weighted by Gasteiger charge is 2.59. The zero-order chi connectivity index (χ0) is 34.5. The van der Waals surface area contributed by atoms with Gasteiger partial charge in [-0.3, -0.25) is 4.98 Å². The predicted octanol–water partition coefficient (Wildman–Crippen LogP) is 12.1. The normalized spacial score (nSPS) is 19.6. The number of aromatic nitrogens is 1. The lowest BCUT2D eigenvalue weighted by Gasteiger charge is -2.46. The number of amidine groups is 1. The molecule has 2 unspecified atom stereocenters. The SMILES string of the molecule is CC(C)/C(=N\C(=N/c1ccccc1)c1ccccc1)c1ccc(-c2ccc(-c3cccc4c3C3c5ccccc5[C@H](C4I)C34C=C=C4)cc2)nc1. The van der Waals surface area contributed by atoms with E-state index in [1.165, 1.54) is 33.4 Å². The summed E-state index contributed by atoms with van der Waals surface area (Å²) in [6.45, 7) is 4.34. The number of benzene rings is 5. The third-order valence-electron chi connectivity index (χ3n) is 10.7. The predicted molar refractivity (Wildman–Crippen MR) is 218 cm³/mol. The molecule has 6 aromatic rings. The maximum Gasteiger partial charge on any atom is 0.160 e. The third-order valence-corrected chi connectivity index (χ3v) is 12.1. The van der Waals surface area contributed by atoms with Crippen LogP contribution < -0.4 is 0 Å². The first-order valence-corrected chi connectivity index (χ1v) is 18.9. The molecular weight excluding hydrogens is 733 g/mol. The van der Waals surface area contributed by atoms with Crippen LogP contribution in [0.3, 0.4) is 0 Å². The molecule has 3 atom stereocenters. The zero-order valence-corrected chi connectivity index (χ0v) is 30.7. The number of para-hydroxylation sites is 1. The second-order valence-corrected chi connectivity index (χ2v) is 15.3. The highest BCUT2D eigenvalue weighted by molar-refractivity contribution is 14.1. The minimum absolute atomic E-state index is 0.0116. The molecule has 0 radical (unpaired) electrons. The smallest absolute Gasteiger partial charge is 0.160 e. The molecule has 1 aromatic heterocycles. The van der Waals surface area contributed by atoms with Gasteiger partial charge in [0.05, 0.1) is 17.1 Å². The van der Waals surface area contributed by atoms with Gasteiger partial charge in [-0.25, -0.2) is 9.98 Å². The molecule has 246 valence electrons. The molecule has 0 N–H and O–H groups in total. The molecule has 0 amide bonds. The van der Waals surface area contributed by atoms with Gasteiger partial charge in [-0.1, -0.05) is 152 Å². The Balaban J connectivity index is 1.04. The van der Waals surface area contributed by atoms with E-state index in [2.05, 4.69) is 145 Å². The third kappa shape index (κ3) is 5.37. The molecule has 5 aromatic carbocycles. The standard InChI is InChI=1S/C47H36IN3/c1-30(2)45(51-46(33-13-5-3-6-14-33)50-35-15-7-4-8-16-35)34-25-26-40(49-29-34)32-23-21-31(22-24-32)36-19-11-20-39-41(36)42-37-17-9-10-18-38(37)43(44(39)48)47(42)27-12-28-47/h3-11,13-30,42-44H,1-2H3/b50-46-,51-45+/t42?,43-,44?/m1/s1. The van der Waals surface area contributed by atoms with Crippen molar-refractivity contribution in [2.24, 2.45) is 21.3 Å². The molecule has 3 aliphatic rings. The van der Waals surface area contributed by atoms with Crippen molar-refractivity contribution in [3.05, 3.63) is 197 Å². The van der Waals surface area contributed by atoms with Crippen molar-refractivity contribution in [2.75, 3.05) is 0 Å². The van der Waals surface area contributed by atoms with Gasteiger partial charge in [0.1, 0.15) is 0 Å². The van der Waals surface area contributed by atoms with Crippen LogP contribution in [0.15, 0.2) is 174 Å².